The average molecular weight is 289 g/mol. The van der Waals surface area contributed by atoms with Gasteiger partial charge in [-0.2, -0.15) is 0 Å². The molecule has 0 aliphatic carbocycles. The first-order valence-corrected chi connectivity index (χ1v) is 7.39. The van der Waals surface area contributed by atoms with Crippen LogP contribution in [0.3, 0.4) is 0 Å². The van der Waals surface area contributed by atoms with Crippen molar-refractivity contribution in [2.45, 2.75) is 53.0 Å². The van der Waals surface area contributed by atoms with Gasteiger partial charge in [0.2, 0.25) is 0 Å². The topological polar surface area (TPSA) is 43.8 Å². The SMILES string of the molecule is CCCc1nc(-c2ccc(C)c(F)c2)c(N)n1C(C)(C)C. The van der Waals surface area contributed by atoms with E-state index in [2.05, 4.69) is 37.2 Å². The summed E-state index contributed by atoms with van der Waals surface area (Å²) in [6, 6.07) is 5.15. The lowest BCUT2D eigenvalue weighted by Crippen LogP contribution is -2.25. The normalized spacial score (nSPS) is 11.9. The molecular formula is C17H24FN3. The summed E-state index contributed by atoms with van der Waals surface area (Å²) in [7, 11) is 0. The molecule has 0 fully saturated rings. The quantitative estimate of drug-likeness (QED) is 0.916. The summed E-state index contributed by atoms with van der Waals surface area (Å²) in [4.78, 5) is 4.68. The minimum absolute atomic E-state index is 0.150. The number of rotatable bonds is 3. The van der Waals surface area contributed by atoms with E-state index >= 15 is 0 Å². The number of nitrogens with zero attached hydrogens (tertiary/aromatic N) is 2. The molecule has 1 aromatic heterocycles. The van der Waals surface area contributed by atoms with Crippen LogP contribution in [0, 0.1) is 12.7 Å². The predicted molar refractivity (Wildman–Crippen MR) is 85.8 cm³/mol. The summed E-state index contributed by atoms with van der Waals surface area (Å²) in [5.41, 5.74) is 8.20. The summed E-state index contributed by atoms with van der Waals surface area (Å²) >= 11 is 0. The van der Waals surface area contributed by atoms with Crippen molar-refractivity contribution in [1.82, 2.24) is 9.55 Å². The van der Waals surface area contributed by atoms with E-state index in [9.17, 15) is 4.39 Å². The highest BCUT2D eigenvalue weighted by Crippen LogP contribution is 2.32. The minimum Gasteiger partial charge on any atom is -0.383 e. The third kappa shape index (κ3) is 2.94. The van der Waals surface area contributed by atoms with E-state index in [1.54, 1.807) is 13.0 Å². The van der Waals surface area contributed by atoms with Crippen LogP contribution in [0.5, 0.6) is 0 Å². The van der Waals surface area contributed by atoms with Gasteiger partial charge in [-0.05, 0) is 45.7 Å². The van der Waals surface area contributed by atoms with E-state index in [-0.39, 0.29) is 11.4 Å². The number of nitrogens with two attached hydrogens (primary N) is 1. The maximum atomic E-state index is 13.8. The Morgan fingerprint density at radius 3 is 2.48 bits per heavy atom. The van der Waals surface area contributed by atoms with Crippen LogP contribution in [0.4, 0.5) is 10.2 Å². The fourth-order valence-corrected chi connectivity index (χ4v) is 2.57. The number of imidazole rings is 1. The molecule has 0 atom stereocenters. The van der Waals surface area contributed by atoms with Gasteiger partial charge in [-0.3, -0.25) is 0 Å². The monoisotopic (exact) mass is 289 g/mol. The number of aryl methyl sites for hydroxylation is 2. The Balaban J connectivity index is 2.62. The van der Waals surface area contributed by atoms with Crippen LogP contribution < -0.4 is 5.73 Å². The van der Waals surface area contributed by atoms with Crippen molar-refractivity contribution in [3.8, 4) is 11.3 Å². The zero-order valence-corrected chi connectivity index (χ0v) is 13.5. The molecule has 4 heteroatoms. The first-order valence-electron chi connectivity index (χ1n) is 7.39. The molecule has 114 valence electrons. The zero-order chi connectivity index (χ0) is 15.8. The van der Waals surface area contributed by atoms with Crippen molar-refractivity contribution >= 4 is 5.82 Å². The number of benzene rings is 1. The third-order valence-electron chi connectivity index (χ3n) is 3.57. The van der Waals surface area contributed by atoms with Gasteiger partial charge in [0.1, 0.15) is 23.2 Å². The van der Waals surface area contributed by atoms with Crippen LogP contribution in [-0.2, 0) is 12.0 Å². The van der Waals surface area contributed by atoms with Crippen molar-refractivity contribution in [3.05, 3.63) is 35.4 Å². The number of halogens is 1. The molecule has 0 radical (unpaired) electrons. The molecule has 2 aromatic rings. The van der Waals surface area contributed by atoms with E-state index in [0.717, 1.165) is 24.2 Å². The van der Waals surface area contributed by atoms with Gasteiger partial charge in [0.15, 0.2) is 0 Å². The number of anilines is 1. The van der Waals surface area contributed by atoms with Crippen LogP contribution in [0.2, 0.25) is 0 Å². The number of hydrogen-bond donors (Lipinski definition) is 1. The highest BCUT2D eigenvalue weighted by molar-refractivity contribution is 5.71. The Kier molecular flexibility index (Phi) is 4.08. The summed E-state index contributed by atoms with van der Waals surface area (Å²) in [5.74, 6) is 1.34. The minimum atomic E-state index is -0.228. The Hall–Kier alpha value is -1.84. The molecule has 1 heterocycles. The molecule has 21 heavy (non-hydrogen) atoms. The summed E-state index contributed by atoms with van der Waals surface area (Å²) in [5, 5.41) is 0. The van der Waals surface area contributed by atoms with Gasteiger partial charge in [0, 0.05) is 17.5 Å². The van der Waals surface area contributed by atoms with Crippen LogP contribution in [0.1, 0.15) is 45.5 Å². The van der Waals surface area contributed by atoms with Crippen LogP contribution in [-0.4, -0.2) is 9.55 Å². The van der Waals surface area contributed by atoms with E-state index in [1.807, 2.05) is 6.07 Å². The van der Waals surface area contributed by atoms with Gasteiger partial charge in [0.25, 0.3) is 0 Å². The molecule has 0 aliphatic heterocycles. The van der Waals surface area contributed by atoms with Crippen LogP contribution >= 0.6 is 0 Å². The maximum Gasteiger partial charge on any atom is 0.132 e. The molecule has 0 aliphatic rings. The maximum absolute atomic E-state index is 13.8. The molecule has 1 aromatic carbocycles. The number of hydrogen-bond acceptors (Lipinski definition) is 2. The second-order valence-corrected chi connectivity index (χ2v) is 6.48. The smallest absolute Gasteiger partial charge is 0.132 e. The van der Waals surface area contributed by atoms with Crippen molar-refractivity contribution in [3.63, 3.8) is 0 Å². The Bertz CT molecular complexity index is 651. The summed E-state index contributed by atoms with van der Waals surface area (Å²) in [6.07, 6.45) is 1.85. The van der Waals surface area contributed by atoms with E-state index in [1.165, 1.54) is 6.07 Å². The van der Waals surface area contributed by atoms with Gasteiger partial charge in [-0.15, -0.1) is 0 Å². The van der Waals surface area contributed by atoms with Gasteiger partial charge in [-0.1, -0.05) is 19.1 Å². The lowest BCUT2D eigenvalue weighted by atomic mass is 10.1. The summed E-state index contributed by atoms with van der Waals surface area (Å²) in [6.45, 7) is 10.2. The van der Waals surface area contributed by atoms with Crippen molar-refractivity contribution < 1.29 is 4.39 Å². The summed E-state index contributed by atoms with van der Waals surface area (Å²) < 4.78 is 15.9. The second-order valence-electron chi connectivity index (χ2n) is 6.48. The first kappa shape index (κ1) is 15.5. The third-order valence-corrected chi connectivity index (χ3v) is 3.57. The zero-order valence-electron chi connectivity index (χ0n) is 13.5. The van der Waals surface area contributed by atoms with Gasteiger partial charge in [0.05, 0.1) is 0 Å². The molecular weight excluding hydrogens is 265 g/mol. The second kappa shape index (κ2) is 5.51. The molecule has 0 saturated carbocycles. The fourth-order valence-electron chi connectivity index (χ4n) is 2.57. The molecule has 3 nitrogen and oxygen atoms in total. The molecule has 0 bridgehead atoms. The van der Waals surface area contributed by atoms with Crippen molar-refractivity contribution in [1.29, 1.82) is 0 Å². The van der Waals surface area contributed by atoms with Gasteiger partial charge >= 0.3 is 0 Å². The molecule has 0 saturated heterocycles. The molecule has 0 unspecified atom stereocenters. The predicted octanol–water partition coefficient (Wildman–Crippen LogP) is 4.29. The van der Waals surface area contributed by atoms with E-state index < -0.39 is 0 Å². The highest BCUT2D eigenvalue weighted by atomic mass is 19.1. The molecule has 0 spiro atoms. The van der Waals surface area contributed by atoms with Crippen molar-refractivity contribution in [2.75, 3.05) is 5.73 Å². The first-order chi connectivity index (χ1) is 9.75. The highest BCUT2D eigenvalue weighted by Gasteiger charge is 2.24. The largest absolute Gasteiger partial charge is 0.383 e. The van der Waals surface area contributed by atoms with Crippen molar-refractivity contribution in [2.24, 2.45) is 0 Å². The molecule has 0 amide bonds. The van der Waals surface area contributed by atoms with E-state index in [4.69, 9.17) is 5.73 Å². The van der Waals surface area contributed by atoms with Crippen LogP contribution in [0.25, 0.3) is 11.3 Å². The number of aromatic nitrogens is 2. The fraction of sp³-hybridized carbons (Fsp3) is 0.471. The Labute approximate surface area is 126 Å². The lowest BCUT2D eigenvalue weighted by Gasteiger charge is -2.25. The molecule has 2 rings (SSSR count). The molecule has 2 N–H and O–H groups in total. The average Bonchev–Trinajstić information content (AvgIpc) is 2.70. The number of nitrogen functional groups attached to an aromatic ring is 1. The van der Waals surface area contributed by atoms with Crippen LogP contribution in [0.15, 0.2) is 18.2 Å². The Morgan fingerprint density at radius 2 is 1.95 bits per heavy atom. The Morgan fingerprint density at radius 1 is 1.29 bits per heavy atom. The lowest BCUT2D eigenvalue weighted by molar-refractivity contribution is 0.387. The van der Waals surface area contributed by atoms with Gasteiger partial charge < -0.3 is 10.3 Å². The van der Waals surface area contributed by atoms with E-state index in [0.29, 0.717) is 17.1 Å². The standard InChI is InChI=1S/C17H24FN3/c1-6-7-14-20-15(16(19)21(14)17(3,4)5)12-9-8-11(2)13(18)10-12/h8-10H,6-7,19H2,1-5H3. The van der Waals surface area contributed by atoms with Gasteiger partial charge in [-0.25, -0.2) is 9.37 Å².